The van der Waals surface area contributed by atoms with Gasteiger partial charge in [0.2, 0.25) is 5.91 Å². The zero-order valence-electron chi connectivity index (χ0n) is 14.8. The summed E-state index contributed by atoms with van der Waals surface area (Å²) in [4.78, 5) is 13.0. The van der Waals surface area contributed by atoms with Gasteiger partial charge in [0.1, 0.15) is 5.75 Å². The van der Waals surface area contributed by atoms with E-state index in [0.29, 0.717) is 5.69 Å². The Kier molecular flexibility index (Phi) is 5.84. The fourth-order valence-electron chi connectivity index (χ4n) is 2.87. The largest absolute Gasteiger partial charge is 0.506 e. The summed E-state index contributed by atoms with van der Waals surface area (Å²) in [6.07, 6.45) is 0. The van der Waals surface area contributed by atoms with E-state index in [1.54, 1.807) is 12.1 Å². The van der Waals surface area contributed by atoms with Crippen LogP contribution in [-0.2, 0) is 4.79 Å². The minimum absolute atomic E-state index is 0.0780. The fraction of sp³-hybridized carbons (Fsp3) is 0.0909. The predicted molar refractivity (Wildman–Crippen MR) is 112 cm³/mol. The first-order valence-corrected chi connectivity index (χ1v) is 8.97. The summed E-state index contributed by atoms with van der Waals surface area (Å²) in [7, 11) is 0. The van der Waals surface area contributed by atoms with Gasteiger partial charge in [-0.15, -0.1) is 0 Å². The molecular weight excluding hydrogens is 356 g/mol. The number of phenolic OH excluding ortho intramolecular Hbond substituents is 1. The second-order valence-electron chi connectivity index (χ2n) is 6.22. The Morgan fingerprint density at radius 3 is 2.00 bits per heavy atom. The lowest BCUT2D eigenvalue weighted by Crippen LogP contribution is -2.37. The number of phenols is 1. The van der Waals surface area contributed by atoms with Crippen LogP contribution in [0.3, 0.4) is 0 Å². The molecule has 27 heavy (non-hydrogen) atoms. The highest BCUT2D eigenvalue weighted by molar-refractivity contribution is 7.80. The van der Waals surface area contributed by atoms with Gasteiger partial charge >= 0.3 is 0 Å². The molecule has 1 amide bonds. The number of carbonyl (C=O) groups excluding carboxylic acids is 1. The third-order valence-electron chi connectivity index (χ3n) is 4.17. The summed E-state index contributed by atoms with van der Waals surface area (Å²) >= 11 is 5.27. The standard InChI is InChI=1S/C22H20N2O2S/c1-15-12-13-18(19(25)14-15)23-22(27)24-21(26)20(16-8-4-2-5-9-16)17-10-6-3-7-11-17/h2-14,20,25H,1H3,(H2,23,24,26,27). The number of nitrogens with one attached hydrogen (secondary N) is 2. The van der Waals surface area contributed by atoms with Crippen molar-refractivity contribution in [2.45, 2.75) is 12.8 Å². The summed E-state index contributed by atoms with van der Waals surface area (Å²) < 4.78 is 0. The Labute approximate surface area is 163 Å². The summed E-state index contributed by atoms with van der Waals surface area (Å²) in [6, 6.07) is 24.3. The lowest BCUT2D eigenvalue weighted by Gasteiger charge is -2.19. The van der Waals surface area contributed by atoms with Crippen molar-refractivity contribution in [3.05, 3.63) is 95.6 Å². The maximum atomic E-state index is 13.0. The van der Waals surface area contributed by atoms with Crippen LogP contribution in [0.15, 0.2) is 78.9 Å². The van der Waals surface area contributed by atoms with Crippen molar-refractivity contribution < 1.29 is 9.90 Å². The van der Waals surface area contributed by atoms with Gasteiger partial charge in [0.25, 0.3) is 0 Å². The van der Waals surface area contributed by atoms with Crippen LogP contribution in [-0.4, -0.2) is 16.1 Å². The molecule has 4 nitrogen and oxygen atoms in total. The lowest BCUT2D eigenvalue weighted by molar-refractivity contribution is -0.120. The molecule has 136 valence electrons. The van der Waals surface area contributed by atoms with Gasteiger partial charge < -0.3 is 15.7 Å². The number of hydrogen-bond acceptors (Lipinski definition) is 3. The van der Waals surface area contributed by atoms with Crippen molar-refractivity contribution in [1.29, 1.82) is 0 Å². The van der Waals surface area contributed by atoms with E-state index >= 15 is 0 Å². The van der Waals surface area contributed by atoms with Crippen LogP contribution in [0.5, 0.6) is 5.75 Å². The first-order chi connectivity index (χ1) is 13.0. The van der Waals surface area contributed by atoms with E-state index in [0.717, 1.165) is 16.7 Å². The fourth-order valence-corrected chi connectivity index (χ4v) is 3.08. The van der Waals surface area contributed by atoms with Crippen molar-refractivity contribution in [1.82, 2.24) is 5.32 Å². The highest BCUT2D eigenvalue weighted by Gasteiger charge is 2.23. The van der Waals surface area contributed by atoms with Gasteiger partial charge in [-0.2, -0.15) is 0 Å². The van der Waals surface area contributed by atoms with Gasteiger partial charge in [-0.25, -0.2) is 0 Å². The number of aromatic hydroxyl groups is 1. The average Bonchev–Trinajstić information content (AvgIpc) is 2.66. The number of hydrogen-bond donors (Lipinski definition) is 3. The van der Waals surface area contributed by atoms with Crippen LogP contribution in [0.25, 0.3) is 0 Å². The molecule has 0 heterocycles. The zero-order valence-corrected chi connectivity index (χ0v) is 15.7. The summed E-state index contributed by atoms with van der Waals surface area (Å²) in [6.45, 7) is 1.88. The number of thiocarbonyl (C=S) groups is 1. The smallest absolute Gasteiger partial charge is 0.238 e. The number of carbonyl (C=O) groups is 1. The summed E-state index contributed by atoms with van der Waals surface area (Å²) in [5.41, 5.74) is 3.13. The minimum Gasteiger partial charge on any atom is -0.506 e. The van der Waals surface area contributed by atoms with Crippen LogP contribution in [0.2, 0.25) is 0 Å². The molecule has 3 aromatic carbocycles. The molecule has 0 bridgehead atoms. The number of anilines is 1. The van der Waals surface area contributed by atoms with Gasteiger partial charge in [-0.3, -0.25) is 4.79 Å². The number of rotatable bonds is 4. The molecule has 0 unspecified atom stereocenters. The topological polar surface area (TPSA) is 61.4 Å². The Morgan fingerprint density at radius 1 is 0.926 bits per heavy atom. The van der Waals surface area contributed by atoms with Gasteiger partial charge in [-0.1, -0.05) is 66.7 Å². The van der Waals surface area contributed by atoms with Crippen molar-refractivity contribution in [2.75, 3.05) is 5.32 Å². The normalized spacial score (nSPS) is 10.4. The monoisotopic (exact) mass is 376 g/mol. The Morgan fingerprint density at radius 2 is 1.48 bits per heavy atom. The Bertz CT molecular complexity index is 904. The number of benzene rings is 3. The summed E-state index contributed by atoms with van der Waals surface area (Å²) in [5, 5.41) is 15.8. The Balaban J connectivity index is 1.79. The molecule has 0 atom stereocenters. The highest BCUT2D eigenvalue weighted by Crippen LogP contribution is 2.26. The minimum atomic E-state index is -0.487. The maximum Gasteiger partial charge on any atom is 0.238 e. The van der Waals surface area contributed by atoms with E-state index in [1.165, 1.54) is 0 Å². The van der Waals surface area contributed by atoms with E-state index in [-0.39, 0.29) is 16.8 Å². The van der Waals surface area contributed by atoms with Gasteiger partial charge in [0, 0.05) is 0 Å². The molecule has 0 aliphatic carbocycles. The van der Waals surface area contributed by atoms with E-state index < -0.39 is 5.92 Å². The second kappa shape index (κ2) is 8.47. The average molecular weight is 376 g/mol. The molecule has 0 radical (unpaired) electrons. The van der Waals surface area contributed by atoms with Crippen molar-refractivity contribution in [3.8, 4) is 5.75 Å². The van der Waals surface area contributed by atoms with Crippen LogP contribution in [0, 0.1) is 6.92 Å². The quantitative estimate of drug-likeness (QED) is 0.468. The SMILES string of the molecule is Cc1ccc(NC(=S)NC(=O)C(c2ccccc2)c2ccccc2)c(O)c1. The molecule has 0 aliphatic rings. The van der Waals surface area contributed by atoms with E-state index in [1.807, 2.05) is 73.7 Å². The van der Waals surface area contributed by atoms with E-state index in [4.69, 9.17) is 12.2 Å². The maximum absolute atomic E-state index is 13.0. The lowest BCUT2D eigenvalue weighted by atomic mass is 9.90. The Hall–Kier alpha value is -3.18. The zero-order chi connectivity index (χ0) is 19.2. The molecular formula is C22H20N2O2S. The van der Waals surface area contributed by atoms with Gasteiger partial charge in [0.05, 0.1) is 11.6 Å². The van der Waals surface area contributed by atoms with Gasteiger partial charge in [0.15, 0.2) is 5.11 Å². The third-order valence-corrected chi connectivity index (χ3v) is 4.37. The third kappa shape index (κ3) is 4.71. The predicted octanol–water partition coefficient (Wildman–Crippen LogP) is 4.35. The molecule has 0 saturated heterocycles. The van der Waals surface area contributed by atoms with Crippen molar-refractivity contribution >= 4 is 28.9 Å². The van der Waals surface area contributed by atoms with Crippen LogP contribution in [0.1, 0.15) is 22.6 Å². The molecule has 0 aliphatic heterocycles. The molecule has 0 fully saturated rings. The summed E-state index contributed by atoms with van der Waals surface area (Å²) in [5.74, 6) is -0.649. The van der Waals surface area contributed by atoms with Crippen LogP contribution < -0.4 is 10.6 Å². The first kappa shape index (κ1) is 18.6. The van der Waals surface area contributed by atoms with E-state index in [9.17, 15) is 9.90 Å². The molecule has 5 heteroatoms. The number of aryl methyl sites for hydroxylation is 1. The van der Waals surface area contributed by atoms with Gasteiger partial charge in [-0.05, 0) is 48.0 Å². The van der Waals surface area contributed by atoms with Crippen molar-refractivity contribution in [3.63, 3.8) is 0 Å². The first-order valence-electron chi connectivity index (χ1n) is 8.56. The number of amides is 1. The van der Waals surface area contributed by atoms with E-state index in [2.05, 4.69) is 10.6 Å². The van der Waals surface area contributed by atoms with Crippen molar-refractivity contribution in [2.24, 2.45) is 0 Å². The van der Waals surface area contributed by atoms with Crippen LogP contribution in [0.4, 0.5) is 5.69 Å². The molecule has 3 aromatic rings. The molecule has 0 saturated carbocycles. The molecule has 3 rings (SSSR count). The molecule has 0 aromatic heterocycles. The van der Waals surface area contributed by atoms with Crippen LogP contribution >= 0.6 is 12.2 Å². The highest BCUT2D eigenvalue weighted by atomic mass is 32.1. The second-order valence-corrected chi connectivity index (χ2v) is 6.63. The molecule has 0 spiro atoms. The molecule has 3 N–H and O–H groups in total.